The van der Waals surface area contributed by atoms with Crippen LogP contribution in [0.2, 0.25) is 0 Å². The summed E-state index contributed by atoms with van der Waals surface area (Å²) in [6.45, 7) is 2.78. The molecule has 1 spiro atoms. The van der Waals surface area contributed by atoms with Gasteiger partial charge in [-0.2, -0.15) is 0 Å². The number of para-hydroxylation sites is 2. The Morgan fingerprint density at radius 3 is 2.60 bits per heavy atom. The highest BCUT2D eigenvalue weighted by atomic mass is 35.5. The summed E-state index contributed by atoms with van der Waals surface area (Å²) in [6, 6.07) is 8.38. The lowest BCUT2D eigenvalue weighted by molar-refractivity contribution is 0.419. The first-order chi connectivity index (χ1) is 12.3. The summed E-state index contributed by atoms with van der Waals surface area (Å²) in [4.78, 5) is 4.98. The van der Waals surface area contributed by atoms with Crippen LogP contribution in [0, 0.1) is 0 Å². The van der Waals surface area contributed by atoms with Crippen LogP contribution in [0.3, 0.4) is 0 Å². The number of nitrogens with zero attached hydrogens (tertiary/aromatic N) is 1. The molecule has 1 aromatic carbocycles. The van der Waals surface area contributed by atoms with Crippen molar-refractivity contribution in [3.8, 4) is 0 Å². The molecule has 1 saturated heterocycles. The molecule has 2 aliphatic heterocycles. The molecule has 0 bridgehead atoms. The topological polar surface area (TPSA) is 48.5 Å². The quantitative estimate of drug-likeness (QED) is 0.757. The van der Waals surface area contributed by atoms with Gasteiger partial charge in [-0.05, 0) is 62.9 Å². The Hall–Kier alpha value is -1.78. The minimum absolute atomic E-state index is 0.0832. The number of allylic oxidation sites excluding steroid dienone is 3. The van der Waals surface area contributed by atoms with Crippen LogP contribution in [0.5, 0.6) is 0 Å². The third-order valence-corrected chi connectivity index (χ3v) is 5.70. The number of nitrogens with one attached hydrogen (secondary N) is 3. The van der Waals surface area contributed by atoms with Crippen molar-refractivity contribution in [3.05, 3.63) is 47.0 Å². The summed E-state index contributed by atoms with van der Waals surface area (Å²) < 4.78 is 0. The maximum atomic E-state index is 6.32. The Kier molecular flexibility index (Phi) is 4.82. The van der Waals surface area contributed by atoms with Gasteiger partial charge in [-0.15, -0.1) is 0 Å². The fraction of sp³-hybridized carbons (Fsp3) is 0.450. The van der Waals surface area contributed by atoms with Crippen LogP contribution < -0.4 is 16.0 Å². The zero-order valence-electron chi connectivity index (χ0n) is 14.4. The molecule has 1 fully saturated rings. The van der Waals surface area contributed by atoms with Crippen molar-refractivity contribution in [2.24, 2.45) is 4.99 Å². The molecule has 1 aromatic rings. The fourth-order valence-corrected chi connectivity index (χ4v) is 4.16. The monoisotopic (exact) mass is 356 g/mol. The molecule has 4 rings (SSSR count). The summed E-state index contributed by atoms with van der Waals surface area (Å²) >= 11 is 6.32. The molecule has 0 amide bonds. The predicted molar refractivity (Wildman–Crippen MR) is 107 cm³/mol. The van der Waals surface area contributed by atoms with Gasteiger partial charge < -0.3 is 16.0 Å². The average Bonchev–Trinajstić information content (AvgIpc) is 2.64. The van der Waals surface area contributed by atoms with E-state index in [4.69, 9.17) is 16.6 Å². The molecule has 0 aromatic heterocycles. The van der Waals surface area contributed by atoms with Gasteiger partial charge in [0.15, 0.2) is 0 Å². The van der Waals surface area contributed by atoms with Crippen molar-refractivity contribution in [2.45, 2.75) is 37.6 Å². The van der Waals surface area contributed by atoms with Gasteiger partial charge in [-0.25, -0.2) is 0 Å². The van der Waals surface area contributed by atoms with Crippen LogP contribution in [0.4, 0.5) is 11.4 Å². The highest BCUT2D eigenvalue weighted by molar-refractivity contribution is 6.32. The molecule has 1 aliphatic carbocycles. The zero-order chi connectivity index (χ0) is 17.1. The van der Waals surface area contributed by atoms with Gasteiger partial charge in [0, 0.05) is 11.6 Å². The number of anilines is 2. The van der Waals surface area contributed by atoms with E-state index >= 15 is 0 Å². The minimum Gasteiger partial charge on any atom is -0.371 e. The Bertz CT molecular complexity index is 729. The van der Waals surface area contributed by atoms with E-state index in [1.807, 2.05) is 0 Å². The largest absolute Gasteiger partial charge is 0.371 e. The van der Waals surface area contributed by atoms with Crippen LogP contribution in [0.15, 0.2) is 52.0 Å². The van der Waals surface area contributed by atoms with E-state index in [2.05, 4.69) is 52.4 Å². The van der Waals surface area contributed by atoms with E-state index in [0.717, 1.165) is 68.3 Å². The number of rotatable bonds is 3. The van der Waals surface area contributed by atoms with Crippen LogP contribution in [0.25, 0.3) is 0 Å². The molecule has 5 heteroatoms. The molecule has 25 heavy (non-hydrogen) atoms. The van der Waals surface area contributed by atoms with Gasteiger partial charge in [0.1, 0.15) is 5.84 Å². The Morgan fingerprint density at radius 1 is 1.04 bits per heavy atom. The van der Waals surface area contributed by atoms with Crippen molar-refractivity contribution >= 4 is 28.8 Å². The molecule has 3 N–H and O–H groups in total. The van der Waals surface area contributed by atoms with E-state index in [-0.39, 0.29) is 5.54 Å². The van der Waals surface area contributed by atoms with Gasteiger partial charge in [0.05, 0.1) is 16.9 Å². The van der Waals surface area contributed by atoms with Gasteiger partial charge >= 0.3 is 0 Å². The highest BCUT2D eigenvalue weighted by Crippen LogP contribution is 2.35. The molecule has 0 unspecified atom stereocenters. The van der Waals surface area contributed by atoms with Crippen molar-refractivity contribution in [3.63, 3.8) is 0 Å². The van der Waals surface area contributed by atoms with E-state index in [1.54, 1.807) is 0 Å². The number of piperidine rings is 1. The zero-order valence-corrected chi connectivity index (χ0v) is 15.2. The van der Waals surface area contributed by atoms with E-state index in [1.165, 1.54) is 11.3 Å². The maximum absolute atomic E-state index is 6.32. The van der Waals surface area contributed by atoms with Gasteiger partial charge in [-0.3, -0.25) is 4.99 Å². The van der Waals surface area contributed by atoms with Crippen LogP contribution >= 0.6 is 11.6 Å². The number of hydrogen-bond donors (Lipinski definition) is 3. The van der Waals surface area contributed by atoms with Crippen molar-refractivity contribution in [2.75, 3.05) is 30.3 Å². The second kappa shape index (κ2) is 7.22. The van der Waals surface area contributed by atoms with Crippen LogP contribution in [-0.4, -0.2) is 31.0 Å². The first-order valence-corrected chi connectivity index (χ1v) is 9.60. The lowest BCUT2D eigenvalue weighted by Gasteiger charge is -2.44. The van der Waals surface area contributed by atoms with Gasteiger partial charge in [0.25, 0.3) is 0 Å². The molecule has 132 valence electrons. The number of benzene rings is 1. The lowest BCUT2D eigenvalue weighted by Crippen LogP contribution is -2.57. The summed E-state index contributed by atoms with van der Waals surface area (Å²) in [6.07, 6.45) is 9.49. The Morgan fingerprint density at radius 2 is 1.80 bits per heavy atom. The first-order valence-electron chi connectivity index (χ1n) is 9.22. The molecule has 0 atom stereocenters. The second-order valence-electron chi connectivity index (χ2n) is 6.97. The second-order valence-corrected chi connectivity index (χ2v) is 7.37. The van der Waals surface area contributed by atoms with Crippen LogP contribution in [-0.2, 0) is 0 Å². The van der Waals surface area contributed by atoms with Crippen LogP contribution in [0.1, 0.15) is 32.1 Å². The van der Waals surface area contributed by atoms with Crippen molar-refractivity contribution in [1.29, 1.82) is 0 Å². The predicted octanol–water partition coefficient (Wildman–Crippen LogP) is 4.28. The maximum Gasteiger partial charge on any atom is 0.127 e. The lowest BCUT2D eigenvalue weighted by atomic mass is 9.84. The van der Waals surface area contributed by atoms with Crippen molar-refractivity contribution < 1.29 is 0 Å². The minimum atomic E-state index is -0.0832. The molecular formula is C20H25ClN4. The smallest absolute Gasteiger partial charge is 0.127 e. The molecule has 0 saturated carbocycles. The van der Waals surface area contributed by atoms with E-state index in [0.29, 0.717) is 0 Å². The summed E-state index contributed by atoms with van der Waals surface area (Å²) in [5, 5.41) is 11.7. The molecule has 3 aliphatic rings. The van der Waals surface area contributed by atoms with Gasteiger partial charge in [-0.1, -0.05) is 35.9 Å². The third kappa shape index (κ3) is 3.46. The SMILES string of the molecule is ClC1=CCCC=C1CCN=C1Nc2ccccc2NC12CCNCC2. The van der Waals surface area contributed by atoms with E-state index < -0.39 is 0 Å². The van der Waals surface area contributed by atoms with E-state index in [9.17, 15) is 0 Å². The van der Waals surface area contributed by atoms with Gasteiger partial charge in [0.2, 0.25) is 0 Å². The average molecular weight is 357 g/mol. The first kappa shape index (κ1) is 16.7. The number of hydrogen-bond acceptors (Lipinski definition) is 3. The number of fused-ring (bicyclic) bond motifs is 1. The summed E-state index contributed by atoms with van der Waals surface area (Å²) in [7, 11) is 0. The molecule has 0 radical (unpaired) electrons. The molecule has 2 heterocycles. The Labute approximate surface area is 154 Å². The highest BCUT2D eigenvalue weighted by Gasteiger charge is 2.40. The number of amidine groups is 1. The molecular weight excluding hydrogens is 332 g/mol. The summed E-state index contributed by atoms with van der Waals surface area (Å²) in [5.41, 5.74) is 3.44. The fourth-order valence-electron chi connectivity index (χ4n) is 3.88. The molecule has 4 nitrogen and oxygen atoms in total. The number of aliphatic imine (C=N–C) groups is 1. The van der Waals surface area contributed by atoms with Crippen molar-refractivity contribution in [1.82, 2.24) is 5.32 Å². The normalized spacial score (nSPS) is 23.3. The Balaban J connectivity index is 1.55. The standard InChI is InChI=1S/C20H25ClN4/c21-16-6-2-1-5-15(16)9-12-23-19-20(10-13-22-14-11-20)25-18-8-4-3-7-17(18)24-19/h3-8,22,25H,1-2,9-14H2,(H,23,24). The third-order valence-electron chi connectivity index (χ3n) is 5.30. The number of halogens is 1. The summed E-state index contributed by atoms with van der Waals surface area (Å²) in [5.74, 6) is 1.07.